The van der Waals surface area contributed by atoms with Gasteiger partial charge in [-0.3, -0.25) is 0 Å². The van der Waals surface area contributed by atoms with E-state index in [4.69, 9.17) is 5.21 Å². The largest absolute Gasteiger partial charge is 0.507 e. The maximum atomic E-state index is 9.79. The number of nitrogens with zero attached hydrogens (tertiary/aromatic N) is 1. The Morgan fingerprint density at radius 2 is 1.89 bits per heavy atom. The summed E-state index contributed by atoms with van der Waals surface area (Å²) in [4.78, 5) is 0. The maximum Gasteiger partial charge on any atom is 0.124 e. The molecule has 0 aliphatic rings. The second-order valence-corrected chi connectivity index (χ2v) is 4.73. The molecule has 0 aromatic heterocycles. The number of aryl methyl sites for hydroxylation is 1. The van der Waals surface area contributed by atoms with E-state index in [0.717, 1.165) is 18.4 Å². The average molecular weight is 249 g/mol. The molecule has 0 spiro atoms. The summed E-state index contributed by atoms with van der Waals surface area (Å²) < 4.78 is 0. The number of aromatic hydroxyl groups is 1. The van der Waals surface area contributed by atoms with Gasteiger partial charge in [-0.1, -0.05) is 49.4 Å². The van der Waals surface area contributed by atoms with Crippen molar-refractivity contribution in [3.05, 3.63) is 29.3 Å². The molecule has 0 saturated carbocycles. The lowest BCUT2D eigenvalue weighted by Crippen LogP contribution is -2.02. The summed E-state index contributed by atoms with van der Waals surface area (Å²) in [6, 6.07) is 5.35. The van der Waals surface area contributed by atoms with Gasteiger partial charge in [0.1, 0.15) is 5.75 Å². The highest BCUT2D eigenvalue weighted by molar-refractivity contribution is 6.02. The zero-order valence-corrected chi connectivity index (χ0v) is 11.3. The highest BCUT2D eigenvalue weighted by Crippen LogP contribution is 2.21. The first-order valence-corrected chi connectivity index (χ1v) is 6.70. The van der Waals surface area contributed by atoms with Crippen molar-refractivity contribution in [1.29, 1.82) is 0 Å². The van der Waals surface area contributed by atoms with E-state index in [1.807, 2.05) is 19.1 Å². The number of oxime groups is 1. The van der Waals surface area contributed by atoms with Crippen molar-refractivity contribution in [2.75, 3.05) is 0 Å². The second kappa shape index (κ2) is 7.75. The normalized spacial score (nSPS) is 11.8. The Morgan fingerprint density at radius 3 is 2.56 bits per heavy atom. The summed E-state index contributed by atoms with van der Waals surface area (Å²) in [6.07, 6.45) is 6.53. The van der Waals surface area contributed by atoms with E-state index in [1.165, 1.54) is 19.3 Å². The molecule has 1 rings (SSSR count). The van der Waals surface area contributed by atoms with Gasteiger partial charge in [0.2, 0.25) is 0 Å². The van der Waals surface area contributed by atoms with Gasteiger partial charge in [-0.05, 0) is 31.9 Å². The first-order valence-electron chi connectivity index (χ1n) is 6.70. The summed E-state index contributed by atoms with van der Waals surface area (Å²) >= 11 is 0. The predicted octanol–water partition coefficient (Wildman–Crippen LogP) is 4.24. The Hall–Kier alpha value is -1.51. The fourth-order valence-electron chi connectivity index (χ4n) is 2.02. The summed E-state index contributed by atoms with van der Waals surface area (Å²) in [7, 11) is 0. The Kier molecular flexibility index (Phi) is 6.26. The molecule has 1 aromatic carbocycles. The van der Waals surface area contributed by atoms with Crippen molar-refractivity contribution in [3.63, 3.8) is 0 Å². The van der Waals surface area contributed by atoms with Gasteiger partial charge in [-0.2, -0.15) is 0 Å². The zero-order valence-electron chi connectivity index (χ0n) is 11.3. The van der Waals surface area contributed by atoms with Gasteiger partial charge >= 0.3 is 0 Å². The molecule has 3 nitrogen and oxygen atoms in total. The summed E-state index contributed by atoms with van der Waals surface area (Å²) in [5, 5.41) is 22.2. The van der Waals surface area contributed by atoms with Crippen LogP contribution in [0.1, 0.15) is 56.6 Å². The van der Waals surface area contributed by atoms with Crippen LogP contribution in [0.4, 0.5) is 0 Å². The van der Waals surface area contributed by atoms with E-state index in [0.29, 0.717) is 17.7 Å². The molecule has 3 heteroatoms. The Bertz CT molecular complexity index is 399. The van der Waals surface area contributed by atoms with Crippen LogP contribution in [0.2, 0.25) is 0 Å². The third kappa shape index (κ3) is 4.40. The van der Waals surface area contributed by atoms with Crippen LogP contribution in [0.15, 0.2) is 23.4 Å². The third-order valence-corrected chi connectivity index (χ3v) is 3.10. The fourth-order valence-corrected chi connectivity index (χ4v) is 2.02. The first kappa shape index (κ1) is 14.6. The molecule has 18 heavy (non-hydrogen) atoms. The third-order valence-electron chi connectivity index (χ3n) is 3.10. The van der Waals surface area contributed by atoms with Gasteiger partial charge in [-0.25, -0.2) is 0 Å². The number of unbranched alkanes of at least 4 members (excludes halogenated alkanes) is 4. The van der Waals surface area contributed by atoms with Crippen LogP contribution in [0.3, 0.4) is 0 Å². The van der Waals surface area contributed by atoms with Crippen LogP contribution >= 0.6 is 0 Å². The standard InChI is InChI=1S/C15H23NO2/c1-3-4-5-6-7-8-14(16-18)13-11-12(2)9-10-15(13)17/h9-11,17-18H,3-8H2,1-2H3. The van der Waals surface area contributed by atoms with Crippen molar-refractivity contribution < 1.29 is 10.3 Å². The number of benzene rings is 1. The lowest BCUT2D eigenvalue weighted by Gasteiger charge is -2.08. The Balaban J connectivity index is 2.58. The molecule has 0 radical (unpaired) electrons. The van der Waals surface area contributed by atoms with Crippen molar-refractivity contribution in [1.82, 2.24) is 0 Å². The minimum absolute atomic E-state index is 0.182. The minimum Gasteiger partial charge on any atom is -0.507 e. The van der Waals surface area contributed by atoms with Gasteiger partial charge in [0.15, 0.2) is 0 Å². The van der Waals surface area contributed by atoms with Gasteiger partial charge < -0.3 is 10.3 Å². The molecule has 0 fully saturated rings. The molecular formula is C15H23NO2. The molecule has 0 heterocycles. The van der Waals surface area contributed by atoms with Crippen LogP contribution in [0.25, 0.3) is 0 Å². The van der Waals surface area contributed by atoms with Crippen LogP contribution in [-0.4, -0.2) is 16.0 Å². The molecule has 0 unspecified atom stereocenters. The fraction of sp³-hybridized carbons (Fsp3) is 0.533. The molecule has 0 aliphatic carbocycles. The molecule has 0 bridgehead atoms. The molecular weight excluding hydrogens is 226 g/mol. The number of rotatable bonds is 7. The quantitative estimate of drug-likeness (QED) is 0.329. The average Bonchev–Trinajstić information content (AvgIpc) is 2.37. The molecule has 2 N–H and O–H groups in total. The summed E-state index contributed by atoms with van der Waals surface area (Å²) in [5.41, 5.74) is 2.27. The SMILES string of the molecule is CCCCCCCC(=NO)c1cc(C)ccc1O. The van der Waals surface area contributed by atoms with Crippen molar-refractivity contribution in [3.8, 4) is 5.75 Å². The predicted molar refractivity (Wildman–Crippen MR) is 74.5 cm³/mol. The second-order valence-electron chi connectivity index (χ2n) is 4.73. The van der Waals surface area contributed by atoms with Crippen LogP contribution in [0, 0.1) is 6.92 Å². The van der Waals surface area contributed by atoms with Crippen molar-refractivity contribution >= 4 is 5.71 Å². The molecule has 100 valence electrons. The molecule has 1 aromatic rings. The monoisotopic (exact) mass is 249 g/mol. The highest BCUT2D eigenvalue weighted by Gasteiger charge is 2.09. The van der Waals surface area contributed by atoms with E-state index in [2.05, 4.69) is 12.1 Å². The van der Waals surface area contributed by atoms with E-state index < -0.39 is 0 Å². The van der Waals surface area contributed by atoms with Gasteiger partial charge in [0.25, 0.3) is 0 Å². The molecule has 0 atom stereocenters. The lowest BCUT2D eigenvalue weighted by molar-refractivity contribution is 0.317. The molecule has 0 amide bonds. The Morgan fingerprint density at radius 1 is 1.17 bits per heavy atom. The first-order chi connectivity index (χ1) is 8.69. The van der Waals surface area contributed by atoms with Crippen molar-refractivity contribution in [2.24, 2.45) is 5.16 Å². The van der Waals surface area contributed by atoms with Crippen molar-refractivity contribution in [2.45, 2.75) is 52.4 Å². The maximum absolute atomic E-state index is 9.79. The summed E-state index contributed by atoms with van der Waals surface area (Å²) in [6.45, 7) is 4.14. The van der Waals surface area contributed by atoms with E-state index in [9.17, 15) is 5.11 Å². The zero-order chi connectivity index (χ0) is 13.4. The van der Waals surface area contributed by atoms with Gasteiger partial charge in [0, 0.05) is 5.56 Å². The van der Waals surface area contributed by atoms with E-state index in [1.54, 1.807) is 6.07 Å². The van der Waals surface area contributed by atoms with Crippen LogP contribution < -0.4 is 0 Å². The topological polar surface area (TPSA) is 52.8 Å². The van der Waals surface area contributed by atoms with E-state index >= 15 is 0 Å². The van der Waals surface area contributed by atoms with E-state index in [-0.39, 0.29) is 5.75 Å². The smallest absolute Gasteiger partial charge is 0.124 e. The van der Waals surface area contributed by atoms with Gasteiger partial charge in [0.05, 0.1) is 5.71 Å². The summed E-state index contributed by atoms with van der Waals surface area (Å²) in [5.74, 6) is 0.182. The van der Waals surface area contributed by atoms with Crippen LogP contribution in [-0.2, 0) is 0 Å². The number of hydrogen-bond donors (Lipinski definition) is 2. The van der Waals surface area contributed by atoms with Crippen LogP contribution in [0.5, 0.6) is 5.75 Å². The molecule has 0 aliphatic heterocycles. The minimum atomic E-state index is 0.182. The Labute approximate surface area is 109 Å². The highest BCUT2D eigenvalue weighted by atomic mass is 16.4. The number of phenolic OH excluding ortho intramolecular Hbond substituents is 1. The molecule has 0 saturated heterocycles. The van der Waals surface area contributed by atoms with Gasteiger partial charge in [-0.15, -0.1) is 0 Å². The lowest BCUT2D eigenvalue weighted by atomic mass is 10.0. The number of hydrogen-bond acceptors (Lipinski definition) is 3. The number of phenols is 1.